The lowest BCUT2D eigenvalue weighted by Gasteiger charge is -2.18. The third kappa shape index (κ3) is 6.92. The first-order valence-corrected chi connectivity index (χ1v) is 10.1. The van der Waals surface area contributed by atoms with Crippen molar-refractivity contribution in [3.63, 3.8) is 0 Å². The van der Waals surface area contributed by atoms with Crippen LogP contribution in [0.15, 0.2) is 28.8 Å². The Morgan fingerprint density at radius 2 is 1.89 bits per heavy atom. The van der Waals surface area contributed by atoms with Gasteiger partial charge in [0.2, 0.25) is 11.8 Å². The molecular formula is C20H27N3O4S. The minimum atomic E-state index is -0.388. The first-order chi connectivity index (χ1) is 13.2. The number of amides is 2. The maximum Gasteiger partial charge on any atom is 0.238 e. The van der Waals surface area contributed by atoms with Crippen molar-refractivity contribution in [2.75, 3.05) is 31.3 Å². The fraction of sp³-hybridized carbons (Fsp3) is 0.450. The molecule has 0 aliphatic carbocycles. The summed E-state index contributed by atoms with van der Waals surface area (Å²) in [6.07, 6.45) is 0. The van der Waals surface area contributed by atoms with Crippen molar-refractivity contribution in [2.24, 2.45) is 0 Å². The van der Waals surface area contributed by atoms with E-state index >= 15 is 0 Å². The number of likely N-dealkylation sites (N-methyl/N-ethyl adjacent to an activating group) is 1. The zero-order valence-corrected chi connectivity index (χ0v) is 17.8. The Labute approximate surface area is 169 Å². The molecule has 8 heteroatoms. The molecule has 0 aliphatic heterocycles. The Balaban J connectivity index is 1.70. The lowest BCUT2D eigenvalue weighted by Crippen LogP contribution is -2.33. The van der Waals surface area contributed by atoms with Gasteiger partial charge in [0.25, 0.3) is 0 Å². The van der Waals surface area contributed by atoms with E-state index in [0.717, 1.165) is 16.9 Å². The molecule has 1 unspecified atom stereocenters. The maximum absolute atomic E-state index is 12.3. The number of hydrogen-bond acceptors (Lipinski definition) is 6. The van der Waals surface area contributed by atoms with Crippen molar-refractivity contribution >= 4 is 29.4 Å². The minimum absolute atomic E-state index is 0.0500. The average Bonchev–Trinajstić information content (AvgIpc) is 3.03. The molecule has 152 valence electrons. The van der Waals surface area contributed by atoms with Crippen LogP contribution in [0.4, 0.5) is 5.82 Å². The van der Waals surface area contributed by atoms with E-state index in [1.807, 2.05) is 26.0 Å². The molecule has 0 saturated carbocycles. The molecular weight excluding hydrogens is 378 g/mol. The van der Waals surface area contributed by atoms with Gasteiger partial charge in [0.1, 0.15) is 18.1 Å². The molecule has 0 spiro atoms. The average molecular weight is 406 g/mol. The number of hydrogen-bond donors (Lipinski definition) is 1. The molecule has 0 saturated heterocycles. The maximum atomic E-state index is 12.3. The van der Waals surface area contributed by atoms with E-state index in [4.69, 9.17) is 9.26 Å². The smallest absolute Gasteiger partial charge is 0.238 e. The zero-order valence-electron chi connectivity index (χ0n) is 16.9. The third-order valence-corrected chi connectivity index (χ3v) is 5.15. The van der Waals surface area contributed by atoms with Crippen LogP contribution < -0.4 is 10.1 Å². The summed E-state index contributed by atoms with van der Waals surface area (Å²) in [5.41, 5.74) is 2.28. The van der Waals surface area contributed by atoms with Crippen LogP contribution in [0, 0.1) is 20.8 Å². The lowest BCUT2D eigenvalue weighted by molar-refractivity contribution is -0.127. The highest BCUT2D eigenvalue weighted by molar-refractivity contribution is 8.01. The van der Waals surface area contributed by atoms with Crippen LogP contribution >= 0.6 is 11.8 Å². The Morgan fingerprint density at radius 1 is 1.21 bits per heavy atom. The number of nitrogens with zero attached hydrogens (tertiary/aromatic N) is 2. The van der Waals surface area contributed by atoms with Gasteiger partial charge in [-0.25, -0.2) is 0 Å². The van der Waals surface area contributed by atoms with Gasteiger partial charge in [-0.3, -0.25) is 9.59 Å². The standard InChI is InChI=1S/C20H27N3O4S/c1-13-8-14(2)10-17(9-13)26-7-6-23(5)19(24)12-28-16(4)20(25)21-18-11-15(3)27-22-18/h8-11,16H,6-7,12H2,1-5H3,(H,21,22,25). The van der Waals surface area contributed by atoms with Crippen LogP contribution in [0.25, 0.3) is 0 Å². The van der Waals surface area contributed by atoms with Gasteiger partial charge in [0.05, 0.1) is 17.5 Å². The fourth-order valence-corrected chi connectivity index (χ4v) is 3.30. The van der Waals surface area contributed by atoms with Gasteiger partial charge in [-0.1, -0.05) is 11.2 Å². The summed E-state index contributed by atoms with van der Waals surface area (Å²) < 4.78 is 10.7. The summed E-state index contributed by atoms with van der Waals surface area (Å²) >= 11 is 1.28. The van der Waals surface area contributed by atoms with Crippen molar-refractivity contribution in [1.29, 1.82) is 0 Å². The number of aromatic nitrogens is 1. The van der Waals surface area contributed by atoms with Crippen LogP contribution in [0.2, 0.25) is 0 Å². The SMILES string of the molecule is Cc1cc(C)cc(OCCN(C)C(=O)CSC(C)C(=O)Nc2cc(C)on2)c1. The topological polar surface area (TPSA) is 84.7 Å². The van der Waals surface area contributed by atoms with E-state index in [1.165, 1.54) is 11.8 Å². The highest BCUT2D eigenvalue weighted by atomic mass is 32.2. The second kappa shape index (κ2) is 10.2. The number of anilines is 1. The van der Waals surface area contributed by atoms with Gasteiger partial charge in [-0.15, -0.1) is 11.8 Å². The fourth-order valence-electron chi connectivity index (χ4n) is 2.48. The minimum Gasteiger partial charge on any atom is -0.492 e. The number of nitrogens with one attached hydrogen (secondary N) is 1. The van der Waals surface area contributed by atoms with E-state index in [2.05, 4.69) is 16.5 Å². The summed E-state index contributed by atoms with van der Waals surface area (Å²) in [7, 11) is 1.73. The summed E-state index contributed by atoms with van der Waals surface area (Å²) in [6, 6.07) is 7.67. The van der Waals surface area contributed by atoms with Crippen LogP contribution in [0.1, 0.15) is 23.8 Å². The number of carbonyl (C=O) groups excluding carboxylic acids is 2. The van der Waals surface area contributed by atoms with Crippen molar-refractivity contribution in [1.82, 2.24) is 10.1 Å². The lowest BCUT2D eigenvalue weighted by atomic mass is 10.1. The van der Waals surface area contributed by atoms with Gasteiger partial charge in [0.15, 0.2) is 5.82 Å². The van der Waals surface area contributed by atoms with Gasteiger partial charge < -0.3 is 19.5 Å². The first kappa shape index (κ1) is 21.8. The molecule has 0 fully saturated rings. The Bertz CT molecular complexity index is 801. The van der Waals surface area contributed by atoms with E-state index in [9.17, 15) is 9.59 Å². The summed E-state index contributed by atoms with van der Waals surface area (Å²) in [5.74, 6) is 1.75. The normalized spacial score (nSPS) is 11.8. The first-order valence-electron chi connectivity index (χ1n) is 9.05. The summed E-state index contributed by atoms with van der Waals surface area (Å²) in [6.45, 7) is 8.44. The molecule has 0 aliphatic rings. The molecule has 0 bridgehead atoms. The number of thioether (sulfide) groups is 1. The van der Waals surface area contributed by atoms with E-state index < -0.39 is 0 Å². The van der Waals surface area contributed by atoms with Crippen molar-refractivity contribution in [2.45, 2.75) is 32.9 Å². The van der Waals surface area contributed by atoms with E-state index in [1.54, 1.807) is 31.9 Å². The number of benzene rings is 1. The highest BCUT2D eigenvalue weighted by Crippen LogP contribution is 2.17. The van der Waals surface area contributed by atoms with Gasteiger partial charge >= 0.3 is 0 Å². The van der Waals surface area contributed by atoms with Crippen LogP contribution in [0.3, 0.4) is 0 Å². The predicted molar refractivity (Wildman–Crippen MR) is 111 cm³/mol. The molecule has 2 rings (SSSR count). The third-order valence-electron chi connectivity index (χ3n) is 4.02. The molecule has 2 amide bonds. The van der Waals surface area contributed by atoms with E-state index in [-0.39, 0.29) is 22.8 Å². The Morgan fingerprint density at radius 3 is 2.50 bits per heavy atom. The predicted octanol–water partition coefficient (Wildman–Crippen LogP) is 3.20. The molecule has 1 aromatic heterocycles. The quantitative estimate of drug-likeness (QED) is 0.690. The van der Waals surface area contributed by atoms with Gasteiger partial charge in [-0.05, 0) is 51.0 Å². The molecule has 1 atom stereocenters. The molecule has 0 radical (unpaired) electrons. The molecule has 2 aromatic rings. The Hall–Kier alpha value is -2.48. The summed E-state index contributed by atoms with van der Waals surface area (Å²) in [5, 5.41) is 6.01. The van der Waals surface area contributed by atoms with Crippen molar-refractivity contribution in [3.05, 3.63) is 41.2 Å². The second-order valence-corrected chi connectivity index (χ2v) is 8.08. The zero-order chi connectivity index (χ0) is 20.7. The van der Waals surface area contributed by atoms with Crippen molar-refractivity contribution < 1.29 is 18.8 Å². The molecule has 7 nitrogen and oxygen atoms in total. The monoisotopic (exact) mass is 405 g/mol. The number of ether oxygens (including phenoxy) is 1. The van der Waals surface area contributed by atoms with Crippen LogP contribution in [0.5, 0.6) is 5.75 Å². The number of rotatable bonds is 9. The van der Waals surface area contributed by atoms with Crippen molar-refractivity contribution in [3.8, 4) is 5.75 Å². The number of aryl methyl sites for hydroxylation is 3. The molecule has 28 heavy (non-hydrogen) atoms. The Kier molecular flexibility index (Phi) is 7.92. The highest BCUT2D eigenvalue weighted by Gasteiger charge is 2.18. The van der Waals surface area contributed by atoms with Crippen LogP contribution in [-0.4, -0.2) is 53.1 Å². The number of carbonyl (C=O) groups is 2. The van der Waals surface area contributed by atoms with Crippen LogP contribution in [-0.2, 0) is 9.59 Å². The van der Waals surface area contributed by atoms with E-state index in [0.29, 0.717) is 24.7 Å². The summed E-state index contributed by atoms with van der Waals surface area (Å²) in [4.78, 5) is 26.0. The van der Waals surface area contributed by atoms with Gasteiger partial charge in [-0.2, -0.15) is 0 Å². The molecule has 1 aromatic carbocycles. The largest absolute Gasteiger partial charge is 0.492 e. The van der Waals surface area contributed by atoms with Gasteiger partial charge in [0, 0.05) is 13.1 Å². The molecule has 1 heterocycles. The molecule has 1 N–H and O–H groups in total. The second-order valence-electron chi connectivity index (χ2n) is 6.75.